The third-order valence-corrected chi connectivity index (χ3v) is 2.40. The van der Waals surface area contributed by atoms with Crippen LogP contribution in [-0.4, -0.2) is 41.2 Å². The first-order valence-electron chi connectivity index (χ1n) is 5.44. The lowest BCUT2D eigenvalue weighted by Gasteiger charge is -2.12. The highest BCUT2D eigenvalue weighted by Crippen LogP contribution is 2.17. The number of methoxy groups -OCH3 is 1. The van der Waals surface area contributed by atoms with Crippen molar-refractivity contribution in [3.05, 3.63) is 29.6 Å². The second kappa shape index (κ2) is 6.50. The summed E-state index contributed by atoms with van der Waals surface area (Å²) in [5, 5.41) is 19.3. The smallest absolute Gasteiger partial charge is 0.326 e. The summed E-state index contributed by atoms with van der Waals surface area (Å²) in [5.41, 5.74) is -0.139. The standard InChI is InChI=1S/C12H12FNO6/c1-20-9-3-2-6(4-7(9)13)11(17)14-8(12(18)19)5-10(15)16/h2-4,8H,5H2,1H3,(H,14,17)(H,15,16)(H,18,19)/t8-/m1/s1. The van der Waals surface area contributed by atoms with Crippen molar-refractivity contribution in [3.63, 3.8) is 0 Å². The zero-order chi connectivity index (χ0) is 15.3. The fraction of sp³-hybridized carbons (Fsp3) is 0.250. The van der Waals surface area contributed by atoms with E-state index in [1.807, 2.05) is 5.32 Å². The number of hydrogen-bond acceptors (Lipinski definition) is 4. The van der Waals surface area contributed by atoms with Gasteiger partial charge in [0.2, 0.25) is 0 Å². The topological polar surface area (TPSA) is 113 Å². The van der Waals surface area contributed by atoms with Gasteiger partial charge in [-0.3, -0.25) is 9.59 Å². The van der Waals surface area contributed by atoms with E-state index in [4.69, 9.17) is 10.2 Å². The summed E-state index contributed by atoms with van der Waals surface area (Å²) >= 11 is 0. The van der Waals surface area contributed by atoms with Gasteiger partial charge in [0.15, 0.2) is 11.6 Å². The molecule has 0 fully saturated rings. The molecule has 0 aliphatic heterocycles. The lowest BCUT2D eigenvalue weighted by molar-refractivity contribution is -0.145. The number of carbonyl (C=O) groups excluding carboxylic acids is 1. The van der Waals surface area contributed by atoms with Gasteiger partial charge in [-0.05, 0) is 18.2 Å². The van der Waals surface area contributed by atoms with Crippen molar-refractivity contribution in [1.29, 1.82) is 0 Å². The Kier molecular flexibility index (Phi) is 5.01. The largest absolute Gasteiger partial charge is 0.494 e. The molecular formula is C12H12FNO6. The monoisotopic (exact) mass is 285 g/mol. The molecule has 1 rings (SSSR count). The maximum atomic E-state index is 13.4. The molecule has 3 N–H and O–H groups in total. The number of benzene rings is 1. The molecule has 1 atom stereocenters. The summed E-state index contributed by atoms with van der Waals surface area (Å²) in [5.74, 6) is -4.61. The highest BCUT2D eigenvalue weighted by molar-refractivity contribution is 5.97. The minimum Gasteiger partial charge on any atom is -0.494 e. The molecule has 0 aliphatic rings. The van der Waals surface area contributed by atoms with Crippen LogP contribution < -0.4 is 10.1 Å². The summed E-state index contributed by atoms with van der Waals surface area (Å²) in [4.78, 5) is 33.0. The summed E-state index contributed by atoms with van der Waals surface area (Å²) in [6.07, 6.45) is -0.778. The third kappa shape index (κ3) is 3.94. The summed E-state index contributed by atoms with van der Waals surface area (Å²) in [6, 6.07) is 1.72. The highest BCUT2D eigenvalue weighted by atomic mass is 19.1. The molecule has 0 unspecified atom stereocenters. The van der Waals surface area contributed by atoms with Gasteiger partial charge in [0.25, 0.3) is 5.91 Å². The average Bonchev–Trinajstić information content (AvgIpc) is 2.37. The van der Waals surface area contributed by atoms with Crippen molar-refractivity contribution in [1.82, 2.24) is 5.32 Å². The van der Waals surface area contributed by atoms with Crippen molar-refractivity contribution in [2.45, 2.75) is 12.5 Å². The molecule has 8 heteroatoms. The van der Waals surface area contributed by atoms with Gasteiger partial charge in [-0.2, -0.15) is 0 Å². The Balaban J connectivity index is 2.86. The molecule has 0 aromatic heterocycles. The number of rotatable bonds is 6. The zero-order valence-electron chi connectivity index (χ0n) is 10.4. The van der Waals surface area contributed by atoms with Gasteiger partial charge in [-0.15, -0.1) is 0 Å². The number of carboxylic acids is 2. The van der Waals surface area contributed by atoms with E-state index in [9.17, 15) is 18.8 Å². The first kappa shape index (κ1) is 15.4. The Morgan fingerprint density at radius 3 is 2.45 bits per heavy atom. The van der Waals surface area contributed by atoms with Crippen LogP contribution in [0.4, 0.5) is 4.39 Å². The van der Waals surface area contributed by atoms with Crippen LogP contribution in [0, 0.1) is 5.82 Å². The number of amides is 1. The molecule has 0 saturated carbocycles. The molecule has 1 amide bonds. The lowest BCUT2D eigenvalue weighted by Crippen LogP contribution is -2.42. The first-order chi connectivity index (χ1) is 9.35. The Morgan fingerprint density at radius 1 is 1.35 bits per heavy atom. The first-order valence-corrected chi connectivity index (χ1v) is 5.44. The van der Waals surface area contributed by atoms with Crippen LogP contribution in [0.25, 0.3) is 0 Å². The Bertz CT molecular complexity index is 545. The van der Waals surface area contributed by atoms with Crippen LogP contribution in [-0.2, 0) is 9.59 Å². The van der Waals surface area contributed by atoms with Gasteiger partial charge in [0.05, 0.1) is 13.5 Å². The van der Waals surface area contributed by atoms with Crippen LogP contribution >= 0.6 is 0 Å². The minimum atomic E-state index is -1.59. The average molecular weight is 285 g/mol. The molecule has 0 saturated heterocycles. The van der Waals surface area contributed by atoms with E-state index in [2.05, 4.69) is 4.74 Å². The zero-order valence-corrected chi connectivity index (χ0v) is 10.4. The van der Waals surface area contributed by atoms with Crippen LogP contribution in [0.2, 0.25) is 0 Å². The maximum Gasteiger partial charge on any atom is 0.326 e. The van der Waals surface area contributed by atoms with E-state index < -0.39 is 36.1 Å². The van der Waals surface area contributed by atoms with Gasteiger partial charge >= 0.3 is 11.9 Å². The maximum absolute atomic E-state index is 13.4. The second-order valence-electron chi connectivity index (χ2n) is 3.81. The van der Waals surface area contributed by atoms with Crippen molar-refractivity contribution in [3.8, 4) is 5.75 Å². The summed E-state index contributed by atoms with van der Waals surface area (Å²) in [6.45, 7) is 0. The minimum absolute atomic E-state index is 0.0677. The van der Waals surface area contributed by atoms with Crippen LogP contribution in [0.3, 0.4) is 0 Å². The number of aliphatic carboxylic acids is 2. The normalized spacial score (nSPS) is 11.5. The van der Waals surface area contributed by atoms with Gasteiger partial charge in [-0.25, -0.2) is 9.18 Å². The highest BCUT2D eigenvalue weighted by Gasteiger charge is 2.23. The number of carbonyl (C=O) groups is 3. The number of halogens is 1. The number of hydrogen-bond donors (Lipinski definition) is 3. The third-order valence-electron chi connectivity index (χ3n) is 2.40. The molecule has 7 nitrogen and oxygen atoms in total. The van der Waals surface area contributed by atoms with Crippen LogP contribution in [0.5, 0.6) is 5.75 Å². The number of carboxylic acid groups (broad SMARTS) is 2. The van der Waals surface area contributed by atoms with Crippen molar-refractivity contribution >= 4 is 17.8 Å². The Morgan fingerprint density at radius 2 is 2.00 bits per heavy atom. The van der Waals surface area contributed by atoms with Gasteiger partial charge in [-0.1, -0.05) is 0 Å². The van der Waals surface area contributed by atoms with Crippen LogP contribution in [0.15, 0.2) is 18.2 Å². The Labute approximate surface area is 113 Å². The van der Waals surface area contributed by atoms with E-state index in [1.165, 1.54) is 19.2 Å². The quantitative estimate of drug-likeness (QED) is 0.701. The SMILES string of the molecule is COc1ccc(C(=O)N[C@H](CC(=O)O)C(=O)O)cc1F. The molecule has 0 heterocycles. The molecule has 20 heavy (non-hydrogen) atoms. The Hall–Kier alpha value is -2.64. The van der Waals surface area contributed by atoms with Crippen LogP contribution in [0.1, 0.15) is 16.8 Å². The number of nitrogens with one attached hydrogen (secondary N) is 1. The molecule has 1 aromatic rings. The molecular weight excluding hydrogens is 273 g/mol. The van der Waals surface area contributed by atoms with Gasteiger partial charge < -0.3 is 20.3 Å². The molecule has 0 spiro atoms. The molecule has 0 aliphatic carbocycles. The van der Waals surface area contributed by atoms with E-state index in [-0.39, 0.29) is 11.3 Å². The van der Waals surface area contributed by atoms with Crippen molar-refractivity contribution in [2.75, 3.05) is 7.11 Å². The predicted octanol–water partition coefficient (Wildman–Crippen LogP) is 0.492. The van der Waals surface area contributed by atoms with E-state index in [0.717, 1.165) is 6.07 Å². The molecule has 108 valence electrons. The van der Waals surface area contributed by atoms with Gasteiger partial charge in [0.1, 0.15) is 6.04 Å². The molecule has 0 bridgehead atoms. The number of ether oxygens (including phenoxy) is 1. The fourth-order valence-electron chi connectivity index (χ4n) is 1.42. The van der Waals surface area contributed by atoms with E-state index in [1.54, 1.807) is 0 Å². The van der Waals surface area contributed by atoms with Crippen molar-refractivity contribution < 1.29 is 33.7 Å². The second-order valence-corrected chi connectivity index (χ2v) is 3.81. The van der Waals surface area contributed by atoms with Gasteiger partial charge in [0, 0.05) is 5.56 Å². The van der Waals surface area contributed by atoms with Crippen molar-refractivity contribution in [2.24, 2.45) is 0 Å². The fourth-order valence-corrected chi connectivity index (χ4v) is 1.42. The predicted molar refractivity (Wildman–Crippen MR) is 64.1 cm³/mol. The van der Waals surface area contributed by atoms with E-state index >= 15 is 0 Å². The summed E-state index contributed by atoms with van der Waals surface area (Å²) < 4.78 is 18.1. The molecule has 1 aromatic carbocycles. The molecule has 0 radical (unpaired) electrons. The van der Waals surface area contributed by atoms with E-state index in [0.29, 0.717) is 0 Å². The summed E-state index contributed by atoms with van der Waals surface area (Å²) in [7, 11) is 1.26. The lowest BCUT2D eigenvalue weighted by atomic mass is 10.1.